The third-order valence-electron chi connectivity index (χ3n) is 7.67. The lowest BCUT2D eigenvalue weighted by Crippen LogP contribution is -2.56. The van der Waals surface area contributed by atoms with Gasteiger partial charge in [0.1, 0.15) is 30.3 Å². The monoisotopic (exact) mass is 575 g/mol. The number of ether oxygens (including phenoxy) is 3. The fourth-order valence-electron chi connectivity index (χ4n) is 5.66. The van der Waals surface area contributed by atoms with E-state index in [9.17, 15) is 9.90 Å². The Balaban J connectivity index is 1.42. The molecule has 3 heterocycles. The first-order valence-corrected chi connectivity index (χ1v) is 14.5. The van der Waals surface area contributed by atoms with E-state index in [0.29, 0.717) is 44.1 Å². The standard InChI is InChI=1S/C30H39ClFN3O5/c1-30(2,3)40-29(37)35-13-12-34-17-20-16-24(38-15-14-33-10-5-4-6-11-33)26(25-22(31)8-7-9-23(25)36)27(32)28(20)39-19-21(34)18-35/h7-9,16,21,36H,4-6,10-15,17-19H2,1-3H3/t21-/m1/s1. The van der Waals surface area contributed by atoms with Gasteiger partial charge in [-0.05, 0) is 64.9 Å². The SMILES string of the molecule is CC(C)(C)OC(=O)N1CCN2Cc3cc(OCCN4CCCCC4)c(-c4c(O)cccc4Cl)c(F)c3OC[C@H]2C1. The molecule has 0 aromatic heterocycles. The molecule has 2 aromatic rings. The van der Waals surface area contributed by atoms with E-state index in [4.69, 9.17) is 25.8 Å². The Bertz CT molecular complexity index is 1210. The second-order valence-corrected chi connectivity index (χ2v) is 12.2. The molecule has 0 saturated carbocycles. The minimum absolute atomic E-state index is 0.0933. The molecule has 10 heteroatoms. The molecule has 1 atom stereocenters. The van der Waals surface area contributed by atoms with E-state index in [1.807, 2.05) is 26.8 Å². The molecule has 0 unspecified atom stereocenters. The lowest BCUT2D eigenvalue weighted by molar-refractivity contribution is -0.00164. The van der Waals surface area contributed by atoms with E-state index < -0.39 is 11.4 Å². The van der Waals surface area contributed by atoms with Gasteiger partial charge in [-0.2, -0.15) is 0 Å². The summed E-state index contributed by atoms with van der Waals surface area (Å²) in [6.07, 6.45) is 3.23. The zero-order valence-electron chi connectivity index (χ0n) is 23.5. The third-order valence-corrected chi connectivity index (χ3v) is 7.98. The van der Waals surface area contributed by atoms with Gasteiger partial charge in [0.2, 0.25) is 0 Å². The maximum absolute atomic E-state index is 16.4. The first-order valence-electron chi connectivity index (χ1n) is 14.1. The van der Waals surface area contributed by atoms with Crippen molar-refractivity contribution < 1.29 is 28.5 Å². The summed E-state index contributed by atoms with van der Waals surface area (Å²) in [4.78, 5) is 18.9. The van der Waals surface area contributed by atoms with Gasteiger partial charge in [-0.1, -0.05) is 24.1 Å². The molecule has 3 aliphatic heterocycles. The molecule has 0 radical (unpaired) electrons. The van der Waals surface area contributed by atoms with Crippen LogP contribution < -0.4 is 9.47 Å². The number of fused-ring (bicyclic) bond motifs is 2. The zero-order valence-corrected chi connectivity index (χ0v) is 24.3. The fraction of sp³-hybridized carbons (Fsp3) is 0.567. The molecule has 2 saturated heterocycles. The average molecular weight is 576 g/mol. The van der Waals surface area contributed by atoms with E-state index in [2.05, 4.69) is 9.80 Å². The number of phenolic OH excluding ortho intramolecular Hbond substituents is 1. The van der Waals surface area contributed by atoms with Crippen LogP contribution in [0.25, 0.3) is 11.1 Å². The van der Waals surface area contributed by atoms with Crippen molar-refractivity contribution in [3.8, 4) is 28.4 Å². The second-order valence-electron chi connectivity index (χ2n) is 11.8. The highest BCUT2D eigenvalue weighted by atomic mass is 35.5. The number of rotatable bonds is 5. The lowest BCUT2D eigenvalue weighted by Gasteiger charge is -2.40. The summed E-state index contributed by atoms with van der Waals surface area (Å²) in [5.41, 5.74) is 0.349. The van der Waals surface area contributed by atoms with Gasteiger partial charge in [0, 0.05) is 43.9 Å². The molecule has 0 bridgehead atoms. The van der Waals surface area contributed by atoms with Gasteiger partial charge in [0.25, 0.3) is 0 Å². The summed E-state index contributed by atoms with van der Waals surface area (Å²) in [6.45, 7) is 10.9. The van der Waals surface area contributed by atoms with Gasteiger partial charge in [-0.3, -0.25) is 9.80 Å². The van der Waals surface area contributed by atoms with Crippen molar-refractivity contribution in [3.05, 3.63) is 40.7 Å². The van der Waals surface area contributed by atoms with Crippen LogP contribution in [-0.2, 0) is 11.3 Å². The zero-order chi connectivity index (χ0) is 28.4. The van der Waals surface area contributed by atoms with E-state index in [1.54, 1.807) is 17.0 Å². The van der Waals surface area contributed by atoms with Gasteiger partial charge in [0.15, 0.2) is 11.6 Å². The number of hydrogen-bond donors (Lipinski definition) is 1. The Hall–Kier alpha value is -2.75. The number of piperazine rings is 1. The van der Waals surface area contributed by atoms with Crippen LogP contribution in [0, 0.1) is 5.82 Å². The van der Waals surface area contributed by atoms with Crippen LogP contribution in [0.5, 0.6) is 17.2 Å². The highest BCUT2D eigenvalue weighted by Crippen LogP contribution is 2.47. The van der Waals surface area contributed by atoms with Crippen molar-refractivity contribution in [1.29, 1.82) is 0 Å². The van der Waals surface area contributed by atoms with Crippen LogP contribution in [0.3, 0.4) is 0 Å². The molecular weight excluding hydrogens is 537 g/mol. The number of nitrogens with zero attached hydrogens (tertiary/aromatic N) is 3. The smallest absolute Gasteiger partial charge is 0.410 e. The van der Waals surface area contributed by atoms with Crippen molar-refractivity contribution in [2.24, 2.45) is 0 Å². The Morgan fingerprint density at radius 1 is 1.15 bits per heavy atom. The molecule has 1 N–H and O–H groups in total. The number of likely N-dealkylation sites (tertiary alicyclic amines) is 1. The Morgan fingerprint density at radius 2 is 1.93 bits per heavy atom. The highest BCUT2D eigenvalue weighted by molar-refractivity contribution is 6.33. The molecule has 2 fully saturated rings. The van der Waals surface area contributed by atoms with Crippen molar-refractivity contribution >= 4 is 17.7 Å². The van der Waals surface area contributed by atoms with E-state index in [-0.39, 0.29) is 46.4 Å². The number of aromatic hydroxyl groups is 1. The summed E-state index contributed by atoms with van der Waals surface area (Å²) in [7, 11) is 0. The van der Waals surface area contributed by atoms with Gasteiger partial charge in [-0.25, -0.2) is 9.18 Å². The number of hydrogen-bond acceptors (Lipinski definition) is 7. The number of amides is 1. The molecule has 1 amide bonds. The molecule has 8 nitrogen and oxygen atoms in total. The summed E-state index contributed by atoms with van der Waals surface area (Å²) in [5.74, 6) is -0.300. The minimum Gasteiger partial charge on any atom is -0.507 e. The van der Waals surface area contributed by atoms with E-state index >= 15 is 4.39 Å². The maximum atomic E-state index is 16.4. The Labute approximate surface area is 240 Å². The number of halogens is 2. The molecule has 0 spiro atoms. The fourth-order valence-corrected chi connectivity index (χ4v) is 5.92. The lowest BCUT2D eigenvalue weighted by atomic mass is 9.99. The summed E-state index contributed by atoms with van der Waals surface area (Å²) < 4.78 is 34.3. The predicted molar refractivity (Wildman–Crippen MR) is 152 cm³/mol. The van der Waals surface area contributed by atoms with Gasteiger partial charge < -0.3 is 24.2 Å². The average Bonchev–Trinajstić information content (AvgIpc) is 3.08. The minimum atomic E-state index is -0.613. The number of carbonyl (C=O) groups is 1. The van der Waals surface area contributed by atoms with Crippen LogP contribution in [0.2, 0.25) is 5.02 Å². The Kier molecular flexibility index (Phi) is 8.63. The predicted octanol–water partition coefficient (Wildman–Crippen LogP) is 5.53. The molecule has 5 rings (SSSR count). The quantitative estimate of drug-likeness (QED) is 0.502. The Morgan fingerprint density at radius 3 is 2.65 bits per heavy atom. The molecule has 3 aliphatic rings. The molecule has 0 aliphatic carbocycles. The molecular formula is C30H39ClFN3O5. The maximum Gasteiger partial charge on any atom is 0.410 e. The number of phenols is 1. The van der Waals surface area contributed by atoms with E-state index in [1.165, 1.54) is 25.3 Å². The van der Waals surface area contributed by atoms with Crippen LogP contribution in [-0.4, -0.2) is 90.0 Å². The van der Waals surface area contributed by atoms with Gasteiger partial charge in [-0.15, -0.1) is 0 Å². The summed E-state index contributed by atoms with van der Waals surface area (Å²) in [6, 6.07) is 6.40. The first kappa shape index (κ1) is 28.8. The molecule has 218 valence electrons. The molecule has 40 heavy (non-hydrogen) atoms. The first-order chi connectivity index (χ1) is 19.1. The largest absolute Gasteiger partial charge is 0.507 e. The highest BCUT2D eigenvalue weighted by Gasteiger charge is 2.36. The van der Waals surface area contributed by atoms with Crippen LogP contribution in [0.4, 0.5) is 9.18 Å². The second kappa shape index (κ2) is 12.0. The summed E-state index contributed by atoms with van der Waals surface area (Å²) >= 11 is 6.48. The number of benzene rings is 2. The normalized spacial score (nSPS) is 20.2. The van der Waals surface area contributed by atoms with Gasteiger partial charge >= 0.3 is 6.09 Å². The van der Waals surface area contributed by atoms with Crippen molar-refractivity contribution in [2.45, 2.75) is 58.2 Å². The number of carbonyl (C=O) groups excluding carboxylic acids is 1. The van der Waals surface area contributed by atoms with Crippen molar-refractivity contribution in [1.82, 2.24) is 14.7 Å². The van der Waals surface area contributed by atoms with Crippen LogP contribution >= 0.6 is 11.6 Å². The number of piperidine rings is 1. The van der Waals surface area contributed by atoms with Crippen molar-refractivity contribution in [2.75, 3.05) is 52.5 Å². The molecule has 2 aromatic carbocycles. The van der Waals surface area contributed by atoms with E-state index in [0.717, 1.165) is 19.6 Å². The topological polar surface area (TPSA) is 74.7 Å². The van der Waals surface area contributed by atoms with Gasteiger partial charge in [0.05, 0.1) is 16.6 Å². The van der Waals surface area contributed by atoms with Crippen LogP contribution in [0.1, 0.15) is 45.6 Å². The summed E-state index contributed by atoms with van der Waals surface area (Å²) in [5, 5.41) is 10.9. The van der Waals surface area contributed by atoms with Crippen LogP contribution in [0.15, 0.2) is 24.3 Å². The third kappa shape index (κ3) is 6.42. The van der Waals surface area contributed by atoms with Crippen molar-refractivity contribution in [3.63, 3.8) is 0 Å².